The van der Waals surface area contributed by atoms with Gasteiger partial charge in [-0.25, -0.2) is 0 Å². The highest BCUT2D eigenvalue weighted by Gasteiger charge is 2.38. The van der Waals surface area contributed by atoms with E-state index in [0.29, 0.717) is 11.3 Å². The number of amides is 1. The van der Waals surface area contributed by atoms with Crippen molar-refractivity contribution in [2.45, 2.75) is 43.1 Å². The van der Waals surface area contributed by atoms with Crippen LogP contribution in [0.4, 0.5) is 0 Å². The lowest BCUT2D eigenvalue weighted by atomic mass is 9.94. The summed E-state index contributed by atoms with van der Waals surface area (Å²) in [6, 6.07) is 18.1. The second-order valence-corrected chi connectivity index (χ2v) is 10.3. The number of benzene rings is 2. The van der Waals surface area contributed by atoms with Crippen molar-refractivity contribution in [3.05, 3.63) is 99.0 Å². The summed E-state index contributed by atoms with van der Waals surface area (Å²) in [5.41, 5.74) is 3.11. The summed E-state index contributed by atoms with van der Waals surface area (Å²) in [6.07, 6.45) is 1.70. The normalized spacial score (nSPS) is 17.8. The van der Waals surface area contributed by atoms with Crippen LogP contribution in [0.15, 0.2) is 70.5 Å². The summed E-state index contributed by atoms with van der Waals surface area (Å²) in [6.45, 7) is 5.53. The van der Waals surface area contributed by atoms with Crippen molar-refractivity contribution in [2.75, 3.05) is 18.2 Å². The largest absolute Gasteiger partial charge is 0.389 e. The Labute approximate surface area is 197 Å². The second kappa shape index (κ2) is 8.08. The van der Waals surface area contributed by atoms with Gasteiger partial charge in [-0.3, -0.25) is 19.3 Å². The van der Waals surface area contributed by atoms with Crippen molar-refractivity contribution in [3.8, 4) is 0 Å². The van der Waals surface area contributed by atoms with E-state index in [1.807, 2.05) is 34.6 Å². The number of fused-ring (bicyclic) bond motifs is 3. The lowest BCUT2D eigenvalue weighted by Gasteiger charge is -2.45. The monoisotopic (exact) mass is 461 g/mol. The Bertz CT molecular complexity index is 1250. The summed E-state index contributed by atoms with van der Waals surface area (Å²) >= 11 is 1.81. The van der Waals surface area contributed by atoms with Crippen LogP contribution >= 0.6 is 11.8 Å². The van der Waals surface area contributed by atoms with E-state index >= 15 is 0 Å². The van der Waals surface area contributed by atoms with Gasteiger partial charge < -0.3 is 10.0 Å². The van der Waals surface area contributed by atoms with Gasteiger partial charge in [0.05, 0.1) is 18.2 Å². The van der Waals surface area contributed by atoms with Crippen molar-refractivity contribution in [3.63, 3.8) is 0 Å². The van der Waals surface area contributed by atoms with E-state index in [1.165, 1.54) is 22.1 Å². The molecule has 0 saturated heterocycles. The van der Waals surface area contributed by atoms with E-state index in [-0.39, 0.29) is 30.6 Å². The van der Waals surface area contributed by atoms with Crippen LogP contribution in [-0.2, 0) is 5.75 Å². The lowest BCUT2D eigenvalue weighted by Crippen LogP contribution is -2.58. The maximum Gasteiger partial charge on any atom is 0.274 e. The van der Waals surface area contributed by atoms with Crippen LogP contribution in [0.3, 0.4) is 0 Å². The molecular formula is C26H27N3O3S. The number of aliphatic hydroxyl groups is 1. The molecule has 7 heteroatoms. The van der Waals surface area contributed by atoms with E-state index in [2.05, 4.69) is 35.3 Å². The third kappa shape index (κ3) is 3.85. The van der Waals surface area contributed by atoms with Gasteiger partial charge in [-0.15, -0.1) is 11.8 Å². The molecule has 33 heavy (non-hydrogen) atoms. The Hall–Kier alpha value is -3.03. The van der Waals surface area contributed by atoms with Crippen molar-refractivity contribution in [1.82, 2.24) is 9.58 Å². The number of pyridine rings is 1. The maximum absolute atomic E-state index is 13.5. The van der Waals surface area contributed by atoms with Crippen molar-refractivity contribution in [1.29, 1.82) is 0 Å². The van der Waals surface area contributed by atoms with Crippen molar-refractivity contribution < 1.29 is 9.90 Å². The van der Waals surface area contributed by atoms with Gasteiger partial charge >= 0.3 is 0 Å². The number of rotatable bonds is 3. The predicted molar refractivity (Wildman–Crippen MR) is 130 cm³/mol. The van der Waals surface area contributed by atoms with Gasteiger partial charge in [0.2, 0.25) is 0 Å². The predicted octanol–water partition coefficient (Wildman–Crippen LogP) is 3.67. The number of thioether (sulfide) groups is 1. The number of hydrogen-bond donors (Lipinski definition) is 1. The standard InChI is InChI=1S/C26H27N3O3S/c1-17-21(30)12-13-28-23(17)25(31)27(15-26(2,3)32)16-29(28)24-19-9-5-4-8-18(19)14-33-22-11-7-6-10-20(22)24/h4-13,24,32H,14-16H2,1-3H3. The van der Waals surface area contributed by atoms with E-state index < -0.39 is 5.60 Å². The smallest absolute Gasteiger partial charge is 0.274 e. The van der Waals surface area contributed by atoms with Gasteiger partial charge in [0.25, 0.3) is 5.91 Å². The van der Waals surface area contributed by atoms with Crippen LogP contribution in [0.5, 0.6) is 0 Å². The number of nitrogens with zero attached hydrogens (tertiary/aromatic N) is 3. The van der Waals surface area contributed by atoms with Gasteiger partial charge in [0, 0.05) is 28.5 Å². The van der Waals surface area contributed by atoms with Crippen LogP contribution in [0, 0.1) is 6.92 Å². The molecule has 0 radical (unpaired) electrons. The van der Waals surface area contributed by atoms with Gasteiger partial charge in [-0.05, 0) is 43.5 Å². The van der Waals surface area contributed by atoms with Crippen LogP contribution in [-0.4, -0.2) is 39.4 Å². The number of carbonyl (C=O) groups is 1. The van der Waals surface area contributed by atoms with Crippen molar-refractivity contribution in [2.24, 2.45) is 0 Å². The molecule has 6 nitrogen and oxygen atoms in total. The van der Waals surface area contributed by atoms with Crippen molar-refractivity contribution >= 4 is 17.7 Å². The summed E-state index contributed by atoms with van der Waals surface area (Å²) in [5, 5.41) is 12.7. The molecular weight excluding hydrogens is 434 g/mol. The Morgan fingerprint density at radius 2 is 1.73 bits per heavy atom. The fourth-order valence-corrected chi connectivity index (χ4v) is 5.86. The molecule has 0 fully saturated rings. The molecule has 1 amide bonds. The van der Waals surface area contributed by atoms with E-state index in [9.17, 15) is 14.7 Å². The first kappa shape index (κ1) is 21.8. The zero-order valence-corrected chi connectivity index (χ0v) is 19.8. The number of hydrogen-bond acceptors (Lipinski definition) is 5. The average molecular weight is 462 g/mol. The molecule has 2 aromatic carbocycles. The molecule has 170 valence electrons. The number of aromatic nitrogens is 1. The minimum absolute atomic E-state index is 0.162. The first-order chi connectivity index (χ1) is 15.7. The SMILES string of the molecule is Cc1c2n(ccc1=O)N(C1c3ccccc3CSc3ccccc31)CN(CC(C)(C)O)C2=O. The third-order valence-electron chi connectivity index (χ3n) is 6.23. The molecule has 0 spiro atoms. The first-order valence-corrected chi connectivity index (χ1v) is 12.0. The summed E-state index contributed by atoms with van der Waals surface area (Å²) in [4.78, 5) is 28.8. The highest BCUT2D eigenvalue weighted by Crippen LogP contribution is 2.42. The molecule has 3 heterocycles. The Morgan fingerprint density at radius 3 is 2.48 bits per heavy atom. The zero-order chi connectivity index (χ0) is 23.3. The molecule has 1 unspecified atom stereocenters. The second-order valence-electron chi connectivity index (χ2n) is 9.32. The quantitative estimate of drug-likeness (QED) is 0.645. The highest BCUT2D eigenvalue weighted by atomic mass is 32.2. The molecule has 3 aromatic rings. The topological polar surface area (TPSA) is 65.8 Å². The molecule has 1 aromatic heterocycles. The maximum atomic E-state index is 13.5. The van der Waals surface area contributed by atoms with E-state index in [1.54, 1.807) is 31.9 Å². The third-order valence-corrected chi connectivity index (χ3v) is 7.36. The Kier molecular flexibility index (Phi) is 5.34. The minimum Gasteiger partial charge on any atom is -0.389 e. The van der Waals surface area contributed by atoms with Crippen LogP contribution < -0.4 is 10.4 Å². The van der Waals surface area contributed by atoms with E-state index in [0.717, 1.165) is 11.3 Å². The van der Waals surface area contributed by atoms with Crippen LogP contribution in [0.1, 0.15) is 52.6 Å². The van der Waals surface area contributed by atoms with Gasteiger partial charge in [-0.2, -0.15) is 0 Å². The van der Waals surface area contributed by atoms with Crippen LogP contribution in [0.2, 0.25) is 0 Å². The summed E-state index contributed by atoms with van der Waals surface area (Å²) in [5.74, 6) is 0.619. The number of β-amino-alcohol motifs (C(OH)–C–C–N with tert-alkyl or cyclic N) is 1. The van der Waals surface area contributed by atoms with Gasteiger partial charge in [0.1, 0.15) is 12.4 Å². The fourth-order valence-electron chi connectivity index (χ4n) is 4.77. The van der Waals surface area contributed by atoms with E-state index in [4.69, 9.17) is 0 Å². The summed E-state index contributed by atoms with van der Waals surface area (Å²) in [7, 11) is 0. The summed E-state index contributed by atoms with van der Waals surface area (Å²) < 4.78 is 1.84. The zero-order valence-electron chi connectivity index (χ0n) is 19.0. The molecule has 2 aliphatic rings. The average Bonchev–Trinajstić information content (AvgIpc) is 2.94. The molecule has 1 N–H and O–H groups in total. The number of carbonyl (C=O) groups excluding carboxylic acids is 1. The first-order valence-electron chi connectivity index (χ1n) is 11.0. The molecule has 0 bridgehead atoms. The molecule has 0 saturated carbocycles. The lowest BCUT2D eigenvalue weighted by molar-refractivity contribution is 0.0236. The molecule has 5 rings (SSSR count). The van der Waals surface area contributed by atoms with Gasteiger partial charge in [0.15, 0.2) is 5.43 Å². The molecule has 0 aliphatic carbocycles. The highest BCUT2D eigenvalue weighted by molar-refractivity contribution is 7.98. The minimum atomic E-state index is -1.07. The molecule has 2 aliphatic heterocycles. The fraction of sp³-hybridized carbons (Fsp3) is 0.308. The van der Waals surface area contributed by atoms with Crippen LogP contribution in [0.25, 0.3) is 0 Å². The Balaban J connectivity index is 1.75. The van der Waals surface area contributed by atoms with Gasteiger partial charge in [-0.1, -0.05) is 42.5 Å². The Morgan fingerprint density at radius 1 is 1.03 bits per heavy atom. The molecule has 1 atom stereocenters.